The molecule has 8 heteroatoms. The molecule has 0 aliphatic carbocycles. The van der Waals surface area contributed by atoms with Gasteiger partial charge in [0.2, 0.25) is 0 Å². The van der Waals surface area contributed by atoms with Crippen molar-refractivity contribution in [2.75, 3.05) is 0 Å². The topological polar surface area (TPSA) is 113 Å². The van der Waals surface area contributed by atoms with Gasteiger partial charge in [0.1, 0.15) is 23.6 Å². The van der Waals surface area contributed by atoms with Crippen molar-refractivity contribution in [3.8, 4) is 11.5 Å². The van der Waals surface area contributed by atoms with E-state index in [4.69, 9.17) is 0 Å². The van der Waals surface area contributed by atoms with Gasteiger partial charge in [0.25, 0.3) is 5.91 Å². The summed E-state index contributed by atoms with van der Waals surface area (Å²) in [6.07, 6.45) is 1.28. The summed E-state index contributed by atoms with van der Waals surface area (Å²) in [6.45, 7) is -0.0284. The minimum Gasteiger partial charge on any atom is -0.508 e. The fraction of sp³-hybridized carbons (Fsp3) is 0.0667. The lowest BCUT2D eigenvalue weighted by molar-refractivity contribution is -0.121. The van der Waals surface area contributed by atoms with Crippen LogP contribution in [-0.2, 0) is 11.3 Å². The highest BCUT2D eigenvalue weighted by Crippen LogP contribution is 2.20. The van der Waals surface area contributed by atoms with Crippen LogP contribution in [0.4, 0.5) is 0 Å². The zero-order valence-electron chi connectivity index (χ0n) is 11.9. The lowest BCUT2D eigenvalue weighted by Gasteiger charge is -2.02. The number of hydrogen-bond acceptors (Lipinski definition) is 6. The Morgan fingerprint density at radius 2 is 2.09 bits per heavy atom. The monoisotopic (exact) mass is 311 g/mol. The molecule has 0 bridgehead atoms. The SMILES string of the molecule is O=C(Cn1nnc2ccccc21)NN=Cc1ccc(O)cc1O. The molecule has 3 aromatic rings. The van der Waals surface area contributed by atoms with E-state index in [0.29, 0.717) is 11.1 Å². The number of hydrazone groups is 1. The molecule has 0 saturated carbocycles. The summed E-state index contributed by atoms with van der Waals surface area (Å²) in [4.78, 5) is 11.9. The molecule has 0 spiro atoms. The highest BCUT2D eigenvalue weighted by molar-refractivity contribution is 5.85. The van der Waals surface area contributed by atoms with Crippen LogP contribution >= 0.6 is 0 Å². The number of phenols is 2. The van der Waals surface area contributed by atoms with Gasteiger partial charge in [0.15, 0.2) is 0 Å². The summed E-state index contributed by atoms with van der Waals surface area (Å²) >= 11 is 0. The largest absolute Gasteiger partial charge is 0.508 e. The van der Waals surface area contributed by atoms with E-state index in [9.17, 15) is 15.0 Å². The number of phenolic OH excluding ortho intramolecular Hbond substituents is 2. The standard InChI is InChI=1S/C15H13N5O3/c21-11-6-5-10(14(22)7-11)8-16-18-15(23)9-20-13-4-2-1-3-12(13)17-19-20/h1-8,21-22H,9H2,(H,18,23). The first-order chi connectivity index (χ1) is 11.1. The van der Waals surface area contributed by atoms with Crippen molar-refractivity contribution in [2.45, 2.75) is 6.54 Å². The number of nitrogens with zero attached hydrogens (tertiary/aromatic N) is 4. The van der Waals surface area contributed by atoms with Crippen molar-refractivity contribution in [3.63, 3.8) is 0 Å². The van der Waals surface area contributed by atoms with Gasteiger partial charge in [-0.1, -0.05) is 17.3 Å². The fourth-order valence-electron chi connectivity index (χ4n) is 2.02. The lowest BCUT2D eigenvalue weighted by Crippen LogP contribution is -2.23. The zero-order valence-corrected chi connectivity index (χ0v) is 11.9. The smallest absolute Gasteiger partial charge is 0.261 e. The van der Waals surface area contributed by atoms with Crippen LogP contribution in [0, 0.1) is 0 Å². The molecule has 0 aliphatic rings. The predicted molar refractivity (Wildman–Crippen MR) is 83.0 cm³/mol. The minimum atomic E-state index is -0.379. The molecule has 0 fully saturated rings. The number of nitrogens with one attached hydrogen (secondary N) is 1. The summed E-state index contributed by atoms with van der Waals surface area (Å²) < 4.78 is 1.47. The van der Waals surface area contributed by atoms with Crippen LogP contribution in [0.15, 0.2) is 47.6 Å². The second-order valence-electron chi connectivity index (χ2n) is 4.77. The lowest BCUT2D eigenvalue weighted by atomic mass is 10.2. The van der Waals surface area contributed by atoms with E-state index in [0.717, 1.165) is 5.52 Å². The van der Waals surface area contributed by atoms with Crippen LogP contribution < -0.4 is 5.43 Å². The number of para-hydroxylation sites is 1. The average Bonchev–Trinajstić information content (AvgIpc) is 2.93. The van der Waals surface area contributed by atoms with Crippen LogP contribution in [-0.4, -0.2) is 37.3 Å². The summed E-state index contributed by atoms with van der Waals surface area (Å²) in [6, 6.07) is 11.4. The Bertz CT molecular complexity index is 888. The Kier molecular flexibility index (Phi) is 3.88. The van der Waals surface area contributed by atoms with E-state index in [1.807, 2.05) is 24.3 Å². The van der Waals surface area contributed by atoms with Crippen LogP contribution in [0.25, 0.3) is 11.0 Å². The van der Waals surface area contributed by atoms with Crippen molar-refractivity contribution in [1.29, 1.82) is 0 Å². The Morgan fingerprint density at radius 1 is 1.26 bits per heavy atom. The Hall–Kier alpha value is -3.42. The highest BCUT2D eigenvalue weighted by atomic mass is 16.3. The number of rotatable bonds is 4. The number of carbonyl (C=O) groups excluding carboxylic acids is 1. The van der Waals surface area contributed by atoms with Gasteiger partial charge in [-0.25, -0.2) is 10.1 Å². The van der Waals surface area contributed by atoms with E-state index < -0.39 is 0 Å². The number of aromatic nitrogens is 3. The molecule has 116 valence electrons. The number of aromatic hydroxyl groups is 2. The highest BCUT2D eigenvalue weighted by Gasteiger charge is 2.07. The summed E-state index contributed by atoms with van der Waals surface area (Å²) in [5.74, 6) is -0.567. The van der Waals surface area contributed by atoms with Crippen molar-refractivity contribution in [3.05, 3.63) is 48.0 Å². The van der Waals surface area contributed by atoms with Gasteiger partial charge in [-0.15, -0.1) is 5.10 Å². The molecule has 0 aliphatic heterocycles. The van der Waals surface area contributed by atoms with Gasteiger partial charge in [0.05, 0.1) is 11.7 Å². The first kappa shape index (κ1) is 14.5. The Balaban J connectivity index is 1.64. The van der Waals surface area contributed by atoms with E-state index >= 15 is 0 Å². The third-order valence-corrected chi connectivity index (χ3v) is 3.12. The summed E-state index contributed by atoms with van der Waals surface area (Å²) in [5.41, 5.74) is 4.17. The zero-order chi connectivity index (χ0) is 16.2. The van der Waals surface area contributed by atoms with Crippen molar-refractivity contribution in [2.24, 2.45) is 5.10 Å². The third-order valence-electron chi connectivity index (χ3n) is 3.12. The first-order valence-electron chi connectivity index (χ1n) is 6.75. The van der Waals surface area contributed by atoms with Crippen molar-refractivity contribution in [1.82, 2.24) is 20.4 Å². The van der Waals surface area contributed by atoms with Gasteiger partial charge in [-0.3, -0.25) is 4.79 Å². The number of fused-ring (bicyclic) bond motifs is 1. The molecule has 8 nitrogen and oxygen atoms in total. The first-order valence-corrected chi connectivity index (χ1v) is 6.75. The second kappa shape index (κ2) is 6.14. The van der Waals surface area contributed by atoms with Gasteiger partial charge in [-0.2, -0.15) is 5.10 Å². The summed E-state index contributed by atoms with van der Waals surface area (Å²) in [7, 11) is 0. The second-order valence-corrected chi connectivity index (χ2v) is 4.77. The average molecular weight is 311 g/mol. The maximum Gasteiger partial charge on any atom is 0.261 e. The number of carbonyl (C=O) groups is 1. The van der Waals surface area contributed by atoms with E-state index in [-0.39, 0.29) is 24.0 Å². The minimum absolute atomic E-state index is 0.0284. The maximum atomic E-state index is 11.9. The normalized spacial score (nSPS) is 11.1. The third kappa shape index (κ3) is 3.26. The predicted octanol–water partition coefficient (Wildman–Crippen LogP) is 0.993. The van der Waals surface area contributed by atoms with E-state index in [2.05, 4.69) is 20.8 Å². The number of hydrogen-bond donors (Lipinski definition) is 3. The van der Waals surface area contributed by atoms with Gasteiger partial charge >= 0.3 is 0 Å². The van der Waals surface area contributed by atoms with Crippen LogP contribution in [0.2, 0.25) is 0 Å². The van der Waals surface area contributed by atoms with E-state index in [1.165, 1.54) is 29.1 Å². The molecule has 0 atom stereocenters. The maximum absolute atomic E-state index is 11.9. The molecular formula is C15H13N5O3. The van der Waals surface area contributed by atoms with Gasteiger partial charge in [0, 0.05) is 11.6 Å². The number of benzene rings is 2. The van der Waals surface area contributed by atoms with E-state index in [1.54, 1.807) is 0 Å². The Labute approximate surface area is 130 Å². The van der Waals surface area contributed by atoms with Crippen LogP contribution in [0.1, 0.15) is 5.56 Å². The van der Waals surface area contributed by atoms with Crippen molar-refractivity contribution < 1.29 is 15.0 Å². The van der Waals surface area contributed by atoms with Gasteiger partial charge in [-0.05, 0) is 24.3 Å². The molecule has 2 aromatic carbocycles. The molecule has 1 amide bonds. The molecule has 23 heavy (non-hydrogen) atoms. The molecule has 1 aromatic heterocycles. The van der Waals surface area contributed by atoms with Crippen molar-refractivity contribution >= 4 is 23.2 Å². The molecule has 0 unspecified atom stereocenters. The molecular weight excluding hydrogens is 298 g/mol. The summed E-state index contributed by atoms with van der Waals surface area (Å²) in [5, 5.41) is 30.4. The molecule has 0 saturated heterocycles. The quantitative estimate of drug-likeness (QED) is 0.491. The molecule has 3 N–H and O–H groups in total. The van der Waals surface area contributed by atoms with Gasteiger partial charge < -0.3 is 10.2 Å². The fourth-order valence-corrected chi connectivity index (χ4v) is 2.02. The number of amides is 1. The molecule has 1 heterocycles. The van der Waals surface area contributed by atoms with Crippen LogP contribution in [0.3, 0.4) is 0 Å². The van der Waals surface area contributed by atoms with Crippen LogP contribution in [0.5, 0.6) is 11.5 Å². The molecule has 3 rings (SSSR count). The molecule has 0 radical (unpaired) electrons. The Morgan fingerprint density at radius 3 is 2.91 bits per heavy atom.